The Kier molecular flexibility index (Phi) is 2.47. The van der Waals surface area contributed by atoms with E-state index >= 15 is 0 Å². The van der Waals surface area contributed by atoms with Gasteiger partial charge in [0.2, 0.25) is 6.26 Å². The number of aromatic nitrogens is 1. The minimum absolute atomic E-state index is 0.810. The molecule has 0 aliphatic heterocycles. The van der Waals surface area contributed by atoms with Crippen LogP contribution in [-0.4, -0.2) is 5.16 Å². The molecule has 1 heterocycles. The van der Waals surface area contributed by atoms with Gasteiger partial charge in [-0.05, 0) is 11.1 Å². The molecule has 1 aromatic heterocycles. The summed E-state index contributed by atoms with van der Waals surface area (Å²) in [5, 5.41) is 3.86. The average molecular weight is 220 g/mol. The first-order valence-electron chi connectivity index (χ1n) is 5.42. The van der Waals surface area contributed by atoms with E-state index in [0.29, 0.717) is 0 Å². The molecule has 3 rings (SSSR count). The zero-order valence-corrected chi connectivity index (χ0v) is 9.13. The molecule has 1 radical (unpaired) electrons. The number of hydrogen-bond acceptors (Lipinski definition) is 2. The van der Waals surface area contributed by atoms with Gasteiger partial charge in [0, 0.05) is 11.6 Å². The lowest BCUT2D eigenvalue weighted by Gasteiger charge is -2.02. The highest BCUT2D eigenvalue weighted by molar-refractivity contribution is 5.68. The molecule has 0 bridgehead atoms. The van der Waals surface area contributed by atoms with Gasteiger partial charge in [0.25, 0.3) is 0 Å². The lowest BCUT2D eigenvalue weighted by molar-refractivity contribution is 0.415. The Balaban J connectivity index is 1.96. The summed E-state index contributed by atoms with van der Waals surface area (Å²) < 4.78 is 4.71. The third kappa shape index (κ3) is 1.97. The van der Waals surface area contributed by atoms with Crippen LogP contribution in [0.15, 0.2) is 65.2 Å². The molecule has 0 aliphatic rings. The van der Waals surface area contributed by atoms with Gasteiger partial charge in [-0.25, -0.2) is 0 Å². The van der Waals surface area contributed by atoms with Crippen molar-refractivity contribution in [2.45, 2.75) is 0 Å². The summed E-state index contributed by atoms with van der Waals surface area (Å²) in [6, 6.07) is 20.3. The van der Waals surface area contributed by atoms with Crippen LogP contribution in [0.3, 0.4) is 0 Å². The van der Waals surface area contributed by atoms with Crippen LogP contribution in [-0.2, 0) is 0 Å². The van der Waals surface area contributed by atoms with E-state index in [1.165, 1.54) is 11.1 Å². The Morgan fingerprint density at radius 3 is 2.06 bits per heavy atom. The first-order chi connectivity index (χ1) is 8.43. The van der Waals surface area contributed by atoms with Crippen molar-refractivity contribution in [3.63, 3.8) is 0 Å². The molecule has 81 valence electrons. The van der Waals surface area contributed by atoms with Crippen LogP contribution in [0, 0.1) is 6.26 Å². The summed E-state index contributed by atoms with van der Waals surface area (Å²) in [6.45, 7) is 0. The van der Waals surface area contributed by atoms with Gasteiger partial charge in [0.1, 0.15) is 5.69 Å². The van der Waals surface area contributed by atoms with Gasteiger partial charge in [-0.1, -0.05) is 59.8 Å². The second-order valence-electron chi connectivity index (χ2n) is 3.77. The van der Waals surface area contributed by atoms with Gasteiger partial charge in [0.05, 0.1) is 0 Å². The van der Waals surface area contributed by atoms with Crippen LogP contribution >= 0.6 is 0 Å². The van der Waals surface area contributed by atoms with Gasteiger partial charge in [-0.3, -0.25) is 0 Å². The summed E-state index contributed by atoms with van der Waals surface area (Å²) in [7, 11) is 0. The summed E-state index contributed by atoms with van der Waals surface area (Å²) in [6.07, 6.45) is 2.59. The fraction of sp³-hybridized carbons (Fsp3) is 0. The van der Waals surface area contributed by atoms with Crippen molar-refractivity contribution < 1.29 is 4.52 Å². The minimum Gasteiger partial charge on any atom is -0.352 e. The van der Waals surface area contributed by atoms with Crippen LogP contribution in [0.1, 0.15) is 0 Å². The number of hydrogen-bond donors (Lipinski definition) is 0. The van der Waals surface area contributed by atoms with Crippen LogP contribution in [0.25, 0.3) is 22.4 Å². The highest BCUT2D eigenvalue weighted by Gasteiger charge is 2.02. The van der Waals surface area contributed by atoms with Gasteiger partial charge >= 0.3 is 0 Å². The van der Waals surface area contributed by atoms with Crippen molar-refractivity contribution in [3.8, 4) is 22.4 Å². The second kappa shape index (κ2) is 4.26. The maximum Gasteiger partial charge on any atom is 0.205 e. The predicted molar refractivity (Wildman–Crippen MR) is 66.2 cm³/mol. The molecule has 0 saturated carbocycles. The van der Waals surface area contributed by atoms with E-state index in [9.17, 15) is 0 Å². The lowest BCUT2D eigenvalue weighted by atomic mass is 10.0. The summed E-state index contributed by atoms with van der Waals surface area (Å²) in [4.78, 5) is 0. The molecule has 0 aliphatic carbocycles. The quantitative estimate of drug-likeness (QED) is 0.656. The zero-order chi connectivity index (χ0) is 11.5. The molecular weight excluding hydrogens is 210 g/mol. The topological polar surface area (TPSA) is 26.0 Å². The predicted octanol–water partition coefficient (Wildman–Crippen LogP) is 3.81. The van der Waals surface area contributed by atoms with Crippen molar-refractivity contribution >= 4 is 0 Å². The molecule has 0 fully saturated rings. The number of benzene rings is 2. The third-order valence-electron chi connectivity index (χ3n) is 2.68. The van der Waals surface area contributed by atoms with E-state index in [1.54, 1.807) is 6.07 Å². The molecule has 0 N–H and O–H groups in total. The van der Waals surface area contributed by atoms with E-state index in [4.69, 9.17) is 4.52 Å². The monoisotopic (exact) mass is 220 g/mol. The molecule has 0 atom stereocenters. The Hall–Kier alpha value is -2.35. The Labute approximate surface area is 99.5 Å². The minimum atomic E-state index is 0.810. The molecule has 0 unspecified atom stereocenters. The molecule has 2 heteroatoms. The SMILES string of the molecule is [c]1cc(-c2ccc(-c3ccccc3)cc2)no1. The normalized spacial score (nSPS) is 10.4. The molecular formula is C15H10NO. The van der Waals surface area contributed by atoms with Gasteiger partial charge in [0.15, 0.2) is 0 Å². The van der Waals surface area contributed by atoms with Crippen LogP contribution in [0.4, 0.5) is 0 Å². The number of rotatable bonds is 2. The van der Waals surface area contributed by atoms with Crippen molar-refractivity contribution in [1.82, 2.24) is 5.16 Å². The van der Waals surface area contributed by atoms with E-state index in [1.807, 2.05) is 30.3 Å². The smallest absolute Gasteiger partial charge is 0.205 e. The standard InChI is InChI=1S/C15H10NO/c1-2-4-12(5-3-1)13-6-8-14(9-7-13)15-10-11-17-16-15/h1-10H. The summed E-state index contributed by atoms with van der Waals surface area (Å²) >= 11 is 0. The van der Waals surface area contributed by atoms with Gasteiger partial charge < -0.3 is 4.52 Å². The first-order valence-corrected chi connectivity index (χ1v) is 5.42. The molecule has 0 amide bonds. The van der Waals surface area contributed by atoms with E-state index in [-0.39, 0.29) is 0 Å². The second-order valence-corrected chi connectivity index (χ2v) is 3.77. The highest BCUT2D eigenvalue weighted by Crippen LogP contribution is 2.23. The van der Waals surface area contributed by atoms with Crippen LogP contribution in [0.5, 0.6) is 0 Å². The Morgan fingerprint density at radius 1 is 0.765 bits per heavy atom. The Bertz CT molecular complexity index is 583. The molecule has 0 spiro atoms. The van der Waals surface area contributed by atoms with Gasteiger partial charge in [-0.2, -0.15) is 0 Å². The molecule has 0 saturated heterocycles. The van der Waals surface area contributed by atoms with E-state index in [0.717, 1.165) is 11.3 Å². The number of nitrogens with zero attached hydrogens (tertiary/aromatic N) is 1. The van der Waals surface area contributed by atoms with E-state index < -0.39 is 0 Å². The van der Waals surface area contributed by atoms with Crippen molar-refractivity contribution in [1.29, 1.82) is 0 Å². The third-order valence-corrected chi connectivity index (χ3v) is 2.68. The highest BCUT2D eigenvalue weighted by atomic mass is 16.5. The van der Waals surface area contributed by atoms with Crippen molar-refractivity contribution in [2.24, 2.45) is 0 Å². The summed E-state index contributed by atoms with van der Waals surface area (Å²) in [5.41, 5.74) is 4.26. The zero-order valence-electron chi connectivity index (χ0n) is 9.13. The lowest BCUT2D eigenvalue weighted by Crippen LogP contribution is -1.79. The molecule has 2 nitrogen and oxygen atoms in total. The molecule has 3 aromatic rings. The fourth-order valence-electron chi connectivity index (χ4n) is 1.78. The van der Waals surface area contributed by atoms with E-state index in [2.05, 4.69) is 35.7 Å². The van der Waals surface area contributed by atoms with Crippen molar-refractivity contribution in [2.75, 3.05) is 0 Å². The molecule has 2 aromatic carbocycles. The average Bonchev–Trinajstić information content (AvgIpc) is 2.94. The maximum absolute atomic E-state index is 4.71. The van der Waals surface area contributed by atoms with Crippen LogP contribution in [0.2, 0.25) is 0 Å². The van der Waals surface area contributed by atoms with Crippen molar-refractivity contribution in [3.05, 3.63) is 66.9 Å². The fourth-order valence-corrected chi connectivity index (χ4v) is 1.78. The summed E-state index contributed by atoms with van der Waals surface area (Å²) in [5.74, 6) is 0. The van der Waals surface area contributed by atoms with Crippen LogP contribution < -0.4 is 0 Å². The Morgan fingerprint density at radius 2 is 1.41 bits per heavy atom. The molecule has 17 heavy (non-hydrogen) atoms. The van der Waals surface area contributed by atoms with Gasteiger partial charge in [-0.15, -0.1) is 0 Å². The largest absolute Gasteiger partial charge is 0.352 e. The maximum atomic E-state index is 4.71. The first kappa shape index (κ1) is 9.85.